The Morgan fingerprint density at radius 3 is 2.50 bits per heavy atom. The Bertz CT molecular complexity index is 456. The van der Waals surface area contributed by atoms with E-state index in [1.165, 1.54) is 6.33 Å². The van der Waals surface area contributed by atoms with Crippen LogP contribution in [0.1, 0.15) is 13.8 Å². The van der Waals surface area contributed by atoms with Gasteiger partial charge in [-0.25, -0.2) is 9.97 Å². The van der Waals surface area contributed by atoms with Crippen molar-refractivity contribution in [2.45, 2.75) is 19.4 Å². The molecule has 0 saturated carbocycles. The summed E-state index contributed by atoms with van der Waals surface area (Å²) in [5, 5.41) is 10.2. The highest BCUT2D eigenvalue weighted by Crippen LogP contribution is 2.31. The molecule has 1 saturated heterocycles. The van der Waals surface area contributed by atoms with E-state index >= 15 is 0 Å². The summed E-state index contributed by atoms with van der Waals surface area (Å²) in [5.41, 5.74) is -0.669. The lowest BCUT2D eigenvalue weighted by molar-refractivity contribution is 0.0344. The number of halogens is 1. The van der Waals surface area contributed by atoms with Gasteiger partial charge in [-0.2, -0.15) is 0 Å². The van der Waals surface area contributed by atoms with Crippen LogP contribution in [0.4, 0.5) is 5.82 Å². The minimum atomic E-state index is -0.669. The van der Waals surface area contributed by atoms with Crippen molar-refractivity contribution in [3.05, 3.63) is 11.5 Å². The fraction of sp³-hybridized carbons (Fsp3) is 0.692. The maximum absolute atomic E-state index is 9.86. The molecular weight excluding hydrogens is 280 g/mol. The summed E-state index contributed by atoms with van der Waals surface area (Å²) in [5.74, 6) is 1.25. The predicted molar refractivity (Wildman–Crippen MR) is 78.5 cm³/mol. The summed E-state index contributed by atoms with van der Waals surface area (Å²) in [7, 11) is 1.57. The zero-order valence-corrected chi connectivity index (χ0v) is 12.9. The Hall–Kier alpha value is -1.11. The number of β-amino-alcohol motifs (C(OH)–C–C–N with tert-alkyl or cyclic N) is 1. The standard InChI is InChI=1S/C13H21ClN4O2/c1-13(2,19)8-17-4-6-18(7-5-17)12-10(20-3)11(14)15-9-16-12/h9,19H,4-8H2,1-3H3. The molecule has 1 aliphatic rings. The molecule has 112 valence electrons. The van der Waals surface area contributed by atoms with Gasteiger partial charge in [0, 0.05) is 32.7 Å². The molecule has 2 rings (SSSR count). The van der Waals surface area contributed by atoms with Gasteiger partial charge in [0.25, 0.3) is 0 Å². The second-order valence-corrected chi connectivity index (χ2v) is 5.95. The molecular formula is C13H21ClN4O2. The minimum Gasteiger partial charge on any atom is -0.490 e. The molecule has 1 aliphatic heterocycles. The van der Waals surface area contributed by atoms with Crippen molar-refractivity contribution in [1.29, 1.82) is 0 Å². The number of hydrogen-bond acceptors (Lipinski definition) is 6. The third-order valence-corrected chi connectivity index (χ3v) is 3.50. The van der Waals surface area contributed by atoms with Gasteiger partial charge >= 0.3 is 0 Å². The molecule has 0 radical (unpaired) electrons. The smallest absolute Gasteiger partial charge is 0.199 e. The third kappa shape index (κ3) is 3.71. The van der Waals surface area contributed by atoms with E-state index < -0.39 is 5.60 Å². The number of ether oxygens (including phenoxy) is 1. The van der Waals surface area contributed by atoms with Crippen LogP contribution in [0, 0.1) is 0 Å². The minimum absolute atomic E-state index is 0.330. The van der Waals surface area contributed by atoms with Gasteiger partial charge in [0.2, 0.25) is 0 Å². The first kappa shape index (κ1) is 15.3. The number of methoxy groups -OCH3 is 1. The van der Waals surface area contributed by atoms with Gasteiger partial charge in [-0.15, -0.1) is 0 Å². The lowest BCUT2D eigenvalue weighted by atomic mass is 10.1. The molecule has 0 aliphatic carbocycles. The number of aromatic nitrogens is 2. The van der Waals surface area contributed by atoms with Crippen LogP contribution in [0.15, 0.2) is 6.33 Å². The third-order valence-electron chi connectivity index (χ3n) is 3.23. The van der Waals surface area contributed by atoms with Gasteiger partial charge in [0.1, 0.15) is 6.33 Å². The van der Waals surface area contributed by atoms with Crippen molar-refractivity contribution < 1.29 is 9.84 Å². The molecule has 1 fully saturated rings. The van der Waals surface area contributed by atoms with Crippen LogP contribution in [-0.4, -0.2) is 65.4 Å². The van der Waals surface area contributed by atoms with Crippen molar-refractivity contribution in [1.82, 2.24) is 14.9 Å². The van der Waals surface area contributed by atoms with Crippen LogP contribution in [0.3, 0.4) is 0 Å². The molecule has 6 nitrogen and oxygen atoms in total. The van der Waals surface area contributed by atoms with Gasteiger partial charge in [-0.05, 0) is 13.8 Å². The van der Waals surface area contributed by atoms with Gasteiger partial charge in [0.15, 0.2) is 16.7 Å². The zero-order chi connectivity index (χ0) is 14.8. The SMILES string of the molecule is COc1c(Cl)ncnc1N1CCN(CC(C)(C)O)CC1. The first-order chi connectivity index (χ1) is 9.40. The average molecular weight is 301 g/mol. The maximum Gasteiger partial charge on any atom is 0.199 e. The van der Waals surface area contributed by atoms with Crippen LogP contribution in [0.5, 0.6) is 5.75 Å². The van der Waals surface area contributed by atoms with E-state index in [4.69, 9.17) is 16.3 Å². The van der Waals surface area contributed by atoms with Gasteiger partial charge < -0.3 is 14.7 Å². The number of aliphatic hydroxyl groups is 1. The molecule has 0 unspecified atom stereocenters. The van der Waals surface area contributed by atoms with E-state index in [1.807, 2.05) is 13.8 Å². The van der Waals surface area contributed by atoms with E-state index in [0.29, 0.717) is 17.4 Å². The lowest BCUT2D eigenvalue weighted by Gasteiger charge is -2.38. The Morgan fingerprint density at radius 1 is 1.30 bits per heavy atom. The Kier molecular flexibility index (Phi) is 4.67. The van der Waals surface area contributed by atoms with Crippen LogP contribution in [0.25, 0.3) is 0 Å². The van der Waals surface area contributed by atoms with E-state index in [0.717, 1.165) is 32.0 Å². The van der Waals surface area contributed by atoms with Gasteiger partial charge in [0.05, 0.1) is 12.7 Å². The van der Waals surface area contributed by atoms with Crippen LogP contribution >= 0.6 is 11.6 Å². The molecule has 0 atom stereocenters. The summed E-state index contributed by atoms with van der Waals surface area (Å²) in [6.07, 6.45) is 1.45. The van der Waals surface area contributed by atoms with E-state index in [1.54, 1.807) is 7.11 Å². The number of anilines is 1. The topological polar surface area (TPSA) is 61.7 Å². The van der Waals surface area contributed by atoms with Crippen LogP contribution in [0.2, 0.25) is 5.15 Å². The van der Waals surface area contributed by atoms with Crippen molar-refractivity contribution in [3.8, 4) is 5.75 Å². The Balaban J connectivity index is 2.02. The summed E-state index contributed by atoms with van der Waals surface area (Å²) < 4.78 is 5.28. The molecule has 0 spiro atoms. The van der Waals surface area contributed by atoms with Crippen molar-refractivity contribution >= 4 is 17.4 Å². The van der Waals surface area contributed by atoms with E-state index in [2.05, 4.69) is 19.8 Å². The normalized spacial score (nSPS) is 17.4. The van der Waals surface area contributed by atoms with Crippen LogP contribution < -0.4 is 9.64 Å². The molecule has 1 aromatic rings. The fourth-order valence-corrected chi connectivity index (χ4v) is 2.61. The highest BCUT2D eigenvalue weighted by molar-refractivity contribution is 6.31. The van der Waals surface area contributed by atoms with Gasteiger partial charge in [-0.3, -0.25) is 4.90 Å². The average Bonchev–Trinajstić information content (AvgIpc) is 2.37. The largest absolute Gasteiger partial charge is 0.490 e. The van der Waals surface area contributed by atoms with Crippen molar-refractivity contribution in [2.75, 3.05) is 44.7 Å². The molecule has 1 aromatic heterocycles. The Morgan fingerprint density at radius 2 is 1.95 bits per heavy atom. The van der Waals surface area contributed by atoms with E-state index in [-0.39, 0.29) is 0 Å². The summed E-state index contributed by atoms with van der Waals surface area (Å²) in [6.45, 7) is 7.70. The highest BCUT2D eigenvalue weighted by Gasteiger charge is 2.25. The molecule has 0 aromatic carbocycles. The number of hydrogen-bond donors (Lipinski definition) is 1. The number of nitrogens with zero attached hydrogens (tertiary/aromatic N) is 4. The Labute approximate surface area is 124 Å². The van der Waals surface area contributed by atoms with Crippen molar-refractivity contribution in [3.63, 3.8) is 0 Å². The predicted octanol–water partition coefficient (Wildman–Crippen LogP) is 1.03. The molecule has 0 bridgehead atoms. The summed E-state index contributed by atoms with van der Waals surface area (Å²) in [4.78, 5) is 12.6. The second-order valence-electron chi connectivity index (χ2n) is 5.60. The monoisotopic (exact) mass is 300 g/mol. The quantitative estimate of drug-likeness (QED) is 0.838. The van der Waals surface area contributed by atoms with Gasteiger partial charge in [-0.1, -0.05) is 11.6 Å². The summed E-state index contributed by atoms with van der Waals surface area (Å²) in [6, 6.07) is 0. The lowest BCUT2D eigenvalue weighted by Crippen LogP contribution is -2.50. The number of rotatable bonds is 4. The molecule has 0 amide bonds. The second kappa shape index (κ2) is 6.11. The zero-order valence-electron chi connectivity index (χ0n) is 12.1. The molecule has 2 heterocycles. The first-order valence-electron chi connectivity index (χ1n) is 6.65. The van der Waals surface area contributed by atoms with Crippen LogP contribution in [-0.2, 0) is 0 Å². The highest BCUT2D eigenvalue weighted by atomic mass is 35.5. The first-order valence-corrected chi connectivity index (χ1v) is 7.02. The molecule has 1 N–H and O–H groups in total. The fourth-order valence-electron chi connectivity index (χ4n) is 2.41. The summed E-state index contributed by atoms with van der Waals surface area (Å²) >= 11 is 6.02. The maximum atomic E-state index is 9.86. The molecule has 7 heteroatoms. The number of piperazine rings is 1. The molecule has 20 heavy (non-hydrogen) atoms. The van der Waals surface area contributed by atoms with Crippen molar-refractivity contribution in [2.24, 2.45) is 0 Å². The van der Waals surface area contributed by atoms with E-state index in [9.17, 15) is 5.11 Å².